The number of nitrogens with two attached hydrogens (primary N) is 1. The monoisotopic (exact) mass is 519 g/mol. The maximum atomic E-state index is 16.5. The summed E-state index contributed by atoms with van der Waals surface area (Å²) < 4.78 is 34.7. The Hall–Kier alpha value is -3.79. The molecule has 0 amide bonds. The number of ether oxygens (including phenoxy) is 3. The zero-order chi connectivity index (χ0) is 27.8. The molecule has 13 heteroatoms. The first-order chi connectivity index (χ1) is 17.2. The highest BCUT2D eigenvalue weighted by molar-refractivity contribution is 5.86. The van der Waals surface area contributed by atoms with Crippen LogP contribution >= 0.6 is 0 Å². The molecule has 12 nitrogen and oxygen atoms in total. The normalized spacial score (nSPS) is 23.5. The van der Waals surface area contributed by atoms with Crippen LogP contribution in [-0.4, -0.2) is 61.4 Å². The van der Waals surface area contributed by atoms with Gasteiger partial charge in [0.25, 0.3) is 11.2 Å². The van der Waals surface area contributed by atoms with E-state index in [0.717, 1.165) is 10.9 Å². The smallest absolute Gasteiger partial charge is 0.308 e. The summed E-state index contributed by atoms with van der Waals surface area (Å²) in [5.41, 5.74) is 1.78. The van der Waals surface area contributed by atoms with E-state index in [4.69, 9.17) is 26.4 Å². The molecular weight excluding hydrogens is 489 g/mol. The van der Waals surface area contributed by atoms with Crippen LogP contribution in [0.15, 0.2) is 11.1 Å². The molecule has 0 aromatic carbocycles. The molecule has 0 saturated carbocycles. The number of imidazole rings is 1. The van der Waals surface area contributed by atoms with Crippen molar-refractivity contribution in [2.45, 2.75) is 65.6 Å². The molecule has 0 spiro atoms. The molecule has 2 aromatic rings. The third kappa shape index (κ3) is 4.93. The van der Waals surface area contributed by atoms with Crippen molar-refractivity contribution in [3.8, 4) is 12.3 Å². The number of anilines is 1. The van der Waals surface area contributed by atoms with E-state index in [2.05, 4.69) is 9.97 Å². The number of hydrogen-bond acceptors (Lipinski definition) is 10. The van der Waals surface area contributed by atoms with Crippen LogP contribution in [0.25, 0.3) is 11.2 Å². The minimum atomic E-state index is -2.79. The zero-order valence-corrected chi connectivity index (χ0v) is 21.4. The summed E-state index contributed by atoms with van der Waals surface area (Å²) in [6.45, 7) is 9.04. The van der Waals surface area contributed by atoms with Crippen LogP contribution in [0.3, 0.4) is 0 Å². The van der Waals surface area contributed by atoms with Crippen LogP contribution in [-0.2, 0) is 23.8 Å². The van der Waals surface area contributed by atoms with Crippen LogP contribution in [0.5, 0.6) is 0 Å². The van der Waals surface area contributed by atoms with Crippen molar-refractivity contribution in [1.29, 1.82) is 0 Å². The lowest BCUT2D eigenvalue weighted by Crippen LogP contribution is -2.46. The van der Waals surface area contributed by atoms with Gasteiger partial charge in [0.15, 0.2) is 23.5 Å². The van der Waals surface area contributed by atoms with Crippen LogP contribution in [0.1, 0.15) is 52.6 Å². The molecule has 3 heterocycles. The summed E-state index contributed by atoms with van der Waals surface area (Å²) in [5, 5.41) is 0. The van der Waals surface area contributed by atoms with Gasteiger partial charge in [-0.05, 0) is 0 Å². The number of carbonyl (C=O) groups excluding carboxylic acids is 3. The number of carbonyl (C=O) groups is 3. The molecule has 1 aliphatic heterocycles. The summed E-state index contributed by atoms with van der Waals surface area (Å²) in [6.07, 6.45) is 1.97. The molecular formula is C24H30FN5O7. The van der Waals surface area contributed by atoms with Gasteiger partial charge in [0.05, 0.1) is 18.2 Å². The van der Waals surface area contributed by atoms with E-state index >= 15 is 4.39 Å². The fourth-order valence-electron chi connectivity index (χ4n) is 3.68. The van der Waals surface area contributed by atoms with E-state index in [1.165, 1.54) is 0 Å². The van der Waals surface area contributed by atoms with Gasteiger partial charge in [-0.15, -0.1) is 6.42 Å². The molecule has 1 fully saturated rings. The SMILES string of the molecule is C#C[C@@]1(F)[C@H](OC(=O)C(C)C)[C@@H](COC(=O)C(C)C)O[C@H]1n1cnc2c(=O)n(C(=O)C(C)C)c(N)nc21. The average Bonchev–Trinajstić information content (AvgIpc) is 3.36. The first-order valence-electron chi connectivity index (χ1n) is 11.7. The van der Waals surface area contributed by atoms with Crippen molar-refractivity contribution in [3.63, 3.8) is 0 Å². The summed E-state index contributed by atoms with van der Waals surface area (Å²) in [4.78, 5) is 58.0. The highest BCUT2D eigenvalue weighted by Crippen LogP contribution is 2.44. The number of nitrogens with zero attached hydrogens (tertiary/aromatic N) is 4. The van der Waals surface area contributed by atoms with Crippen LogP contribution in [0.2, 0.25) is 0 Å². The molecule has 0 aliphatic carbocycles. The third-order valence-electron chi connectivity index (χ3n) is 5.80. The lowest BCUT2D eigenvalue weighted by atomic mass is 9.96. The topological polar surface area (TPSA) is 158 Å². The number of rotatable bonds is 7. The first-order valence-corrected chi connectivity index (χ1v) is 11.7. The predicted molar refractivity (Wildman–Crippen MR) is 129 cm³/mol. The molecule has 4 atom stereocenters. The van der Waals surface area contributed by atoms with Crippen molar-refractivity contribution in [1.82, 2.24) is 19.1 Å². The standard InChI is InChI=1S/C24H30FN5O7/c1-8-24(25)16(37-21(34)13(6)7)14(9-35-20(33)12(4)5)36-22(24)29-10-27-15-17(29)28-23(26)30(19(15)32)18(31)11(2)3/h1,10-14,16,22H,9H2,2-7H3,(H2,26,28)/t14-,16-,22-,24-/m1/s1. The Labute approximate surface area is 212 Å². The van der Waals surface area contributed by atoms with Crippen molar-refractivity contribution >= 4 is 35.0 Å². The molecule has 1 aliphatic rings. The Balaban J connectivity index is 2.11. The van der Waals surface area contributed by atoms with Gasteiger partial charge in [-0.25, -0.2) is 13.9 Å². The highest BCUT2D eigenvalue weighted by atomic mass is 19.1. The van der Waals surface area contributed by atoms with Gasteiger partial charge in [0.1, 0.15) is 12.7 Å². The van der Waals surface area contributed by atoms with E-state index < -0.39 is 77.8 Å². The number of aromatic nitrogens is 4. The molecule has 2 aromatic heterocycles. The van der Waals surface area contributed by atoms with E-state index in [-0.39, 0.29) is 11.2 Å². The van der Waals surface area contributed by atoms with Gasteiger partial charge in [0.2, 0.25) is 11.9 Å². The van der Waals surface area contributed by atoms with Gasteiger partial charge >= 0.3 is 11.9 Å². The molecule has 200 valence electrons. The molecule has 37 heavy (non-hydrogen) atoms. The molecule has 3 rings (SSSR count). The number of fused-ring (bicyclic) bond motifs is 1. The van der Waals surface area contributed by atoms with Crippen LogP contribution < -0.4 is 11.3 Å². The van der Waals surface area contributed by atoms with Gasteiger partial charge in [-0.1, -0.05) is 47.5 Å². The largest absolute Gasteiger partial charge is 0.463 e. The van der Waals surface area contributed by atoms with Crippen LogP contribution in [0, 0.1) is 30.1 Å². The molecule has 0 radical (unpaired) electrons. The zero-order valence-electron chi connectivity index (χ0n) is 21.4. The lowest BCUT2D eigenvalue weighted by molar-refractivity contribution is -0.164. The summed E-state index contributed by atoms with van der Waals surface area (Å²) in [6, 6.07) is 0. The minimum absolute atomic E-state index is 0.202. The Bertz CT molecular complexity index is 1330. The Kier molecular flexibility index (Phi) is 7.73. The van der Waals surface area contributed by atoms with Gasteiger partial charge in [-0.3, -0.25) is 23.7 Å². The molecule has 2 N–H and O–H groups in total. The number of hydrogen-bond donors (Lipinski definition) is 1. The van der Waals surface area contributed by atoms with Gasteiger partial charge in [-0.2, -0.15) is 4.98 Å². The second-order valence-electron chi connectivity index (χ2n) is 9.66. The molecule has 0 bridgehead atoms. The van der Waals surface area contributed by atoms with E-state index in [1.807, 2.05) is 5.92 Å². The van der Waals surface area contributed by atoms with Crippen molar-refractivity contribution in [2.24, 2.45) is 17.8 Å². The summed E-state index contributed by atoms with van der Waals surface area (Å²) >= 11 is 0. The lowest BCUT2D eigenvalue weighted by Gasteiger charge is -2.27. The minimum Gasteiger partial charge on any atom is -0.463 e. The third-order valence-corrected chi connectivity index (χ3v) is 5.80. The number of esters is 2. The highest BCUT2D eigenvalue weighted by Gasteiger charge is 2.61. The number of halogens is 1. The maximum absolute atomic E-state index is 16.5. The Morgan fingerprint density at radius 1 is 1.19 bits per heavy atom. The average molecular weight is 520 g/mol. The van der Waals surface area contributed by atoms with Crippen molar-refractivity contribution in [3.05, 3.63) is 16.7 Å². The summed E-state index contributed by atoms with van der Waals surface area (Å²) in [7, 11) is 0. The van der Waals surface area contributed by atoms with Crippen molar-refractivity contribution < 1.29 is 33.0 Å². The molecule has 1 saturated heterocycles. The second kappa shape index (κ2) is 10.3. The second-order valence-corrected chi connectivity index (χ2v) is 9.66. The predicted octanol–water partition coefficient (Wildman–Crippen LogP) is 1.48. The quantitative estimate of drug-likeness (QED) is 0.419. The van der Waals surface area contributed by atoms with Gasteiger partial charge in [0, 0.05) is 5.92 Å². The van der Waals surface area contributed by atoms with E-state index in [0.29, 0.717) is 4.57 Å². The van der Waals surface area contributed by atoms with Crippen LogP contribution in [0.4, 0.5) is 10.3 Å². The first kappa shape index (κ1) is 27.8. The molecule has 0 unspecified atom stereocenters. The van der Waals surface area contributed by atoms with Crippen molar-refractivity contribution in [2.75, 3.05) is 12.3 Å². The fraction of sp³-hybridized carbons (Fsp3) is 0.583. The number of nitrogen functional groups attached to an aromatic ring is 1. The van der Waals surface area contributed by atoms with E-state index in [9.17, 15) is 19.2 Å². The fourth-order valence-corrected chi connectivity index (χ4v) is 3.68. The number of alkyl halides is 1. The Morgan fingerprint density at radius 3 is 2.35 bits per heavy atom. The Morgan fingerprint density at radius 2 is 1.81 bits per heavy atom. The maximum Gasteiger partial charge on any atom is 0.308 e. The number of terminal acetylenes is 1. The van der Waals surface area contributed by atoms with Gasteiger partial charge < -0.3 is 19.9 Å². The van der Waals surface area contributed by atoms with E-state index in [1.54, 1.807) is 41.5 Å². The summed E-state index contributed by atoms with van der Waals surface area (Å²) in [5.74, 6) is -2.03.